The van der Waals surface area contributed by atoms with Crippen molar-refractivity contribution in [1.82, 2.24) is 0 Å². The molecular formula is H2FeLaMnO4S. The normalized spacial score (nSPS) is 7.25. The maximum atomic E-state index is 8.74. The van der Waals surface area contributed by atoms with Crippen LogP contribution in [-0.4, -0.2) is 17.5 Å². The van der Waals surface area contributed by atoms with Gasteiger partial charge in [0.1, 0.15) is 0 Å². The SMILES string of the molecule is O=S(=O)(O)O.[Fe].[La].[Mn]. The van der Waals surface area contributed by atoms with Gasteiger partial charge in [0.25, 0.3) is 0 Å². The first-order valence-corrected chi connectivity index (χ1v) is 2.10. The van der Waals surface area contributed by atoms with Crippen LogP contribution in [0.3, 0.4) is 0 Å². The van der Waals surface area contributed by atoms with Crippen LogP contribution in [0, 0.1) is 35.6 Å². The number of hydrogen-bond acceptors (Lipinski definition) is 2. The van der Waals surface area contributed by atoms with E-state index in [2.05, 4.69) is 0 Å². The van der Waals surface area contributed by atoms with E-state index in [1.165, 1.54) is 0 Å². The molecule has 0 aliphatic heterocycles. The third-order valence-electron chi connectivity index (χ3n) is 0. The van der Waals surface area contributed by atoms with Crippen molar-refractivity contribution in [3.8, 4) is 0 Å². The van der Waals surface area contributed by atoms with E-state index < -0.39 is 10.4 Å². The Morgan fingerprint density at radius 3 is 1.12 bits per heavy atom. The molecule has 0 aromatic heterocycles. The van der Waals surface area contributed by atoms with Gasteiger partial charge in [-0.25, -0.2) is 0 Å². The maximum Gasteiger partial charge on any atom is 0.394 e. The largest absolute Gasteiger partial charge is 0.394 e. The van der Waals surface area contributed by atoms with E-state index in [1.54, 1.807) is 0 Å². The summed E-state index contributed by atoms with van der Waals surface area (Å²) in [7, 11) is -4.67. The van der Waals surface area contributed by atoms with Gasteiger partial charge >= 0.3 is 10.4 Å². The zero-order valence-corrected chi connectivity index (χ0v) is 10.2. The molecule has 0 aromatic rings. The summed E-state index contributed by atoms with van der Waals surface area (Å²) >= 11 is 0. The Morgan fingerprint density at radius 2 is 1.12 bits per heavy atom. The first-order valence-electron chi connectivity index (χ1n) is 0.698. The van der Waals surface area contributed by atoms with Crippen molar-refractivity contribution in [1.29, 1.82) is 0 Å². The minimum Gasteiger partial charge on any atom is -0.264 e. The Kier molecular flexibility index (Phi) is 25.6. The predicted octanol–water partition coefficient (Wildman–Crippen LogP) is -0.658. The van der Waals surface area contributed by atoms with E-state index in [4.69, 9.17) is 17.5 Å². The molecule has 0 heterocycles. The van der Waals surface area contributed by atoms with Gasteiger partial charge in [0.15, 0.2) is 0 Å². The molecule has 8 heteroatoms. The molecule has 0 aromatic carbocycles. The third-order valence-corrected chi connectivity index (χ3v) is 0. The molecule has 0 fully saturated rings. The summed E-state index contributed by atoms with van der Waals surface area (Å²) in [6.45, 7) is 0. The predicted molar refractivity (Wildman–Crippen MR) is 14.2 cm³/mol. The number of rotatable bonds is 0. The van der Waals surface area contributed by atoms with Crippen molar-refractivity contribution in [2.45, 2.75) is 0 Å². The fraction of sp³-hybridized carbons (Fsp3) is 0. The van der Waals surface area contributed by atoms with Gasteiger partial charge < -0.3 is 0 Å². The van der Waals surface area contributed by atoms with Crippen molar-refractivity contribution in [2.24, 2.45) is 0 Å². The molecule has 0 amide bonds. The molecule has 0 bridgehead atoms. The van der Waals surface area contributed by atoms with Gasteiger partial charge in [-0.3, -0.25) is 9.11 Å². The molecule has 0 unspecified atom stereocenters. The standard InChI is InChI=1S/Fe.La.Mn.H2O4S/c;;;1-5(2,3)4/h;;;(H2,1,2,3,4). The summed E-state index contributed by atoms with van der Waals surface area (Å²) in [6.07, 6.45) is 0. The monoisotopic (exact) mass is 348 g/mol. The molecule has 0 saturated carbocycles. The molecule has 2 radical (unpaired) electrons. The molecule has 0 aliphatic rings. The van der Waals surface area contributed by atoms with E-state index in [-0.39, 0.29) is 69.7 Å². The average Bonchev–Trinajstić information content (AvgIpc) is 0.722. The third kappa shape index (κ3) is 92.4. The molecule has 4 nitrogen and oxygen atoms in total. The van der Waals surface area contributed by atoms with Gasteiger partial charge in [0.2, 0.25) is 0 Å². The summed E-state index contributed by atoms with van der Waals surface area (Å²) in [5.74, 6) is 0. The molecular weight excluding hydrogens is 346 g/mol. The zero-order valence-electron chi connectivity index (χ0n) is 3.43. The van der Waals surface area contributed by atoms with Gasteiger partial charge in [0, 0.05) is 69.7 Å². The van der Waals surface area contributed by atoms with Crippen molar-refractivity contribution in [3.05, 3.63) is 0 Å². The Hall–Kier alpha value is 2.10. The Balaban J connectivity index is -0.0000000267. The first kappa shape index (κ1) is 22.5. The van der Waals surface area contributed by atoms with Crippen molar-refractivity contribution < 1.29 is 87.3 Å². The molecule has 50 valence electrons. The van der Waals surface area contributed by atoms with E-state index in [1.807, 2.05) is 0 Å². The van der Waals surface area contributed by atoms with Gasteiger partial charge in [-0.2, -0.15) is 8.42 Å². The molecule has 0 aliphatic carbocycles. The van der Waals surface area contributed by atoms with Crippen LogP contribution in [-0.2, 0) is 44.5 Å². The van der Waals surface area contributed by atoms with Crippen LogP contribution >= 0.6 is 0 Å². The molecule has 0 atom stereocenters. The summed E-state index contributed by atoms with van der Waals surface area (Å²) in [6, 6.07) is 0. The second-order valence-electron chi connectivity index (χ2n) is 0.448. The van der Waals surface area contributed by atoms with Crippen LogP contribution in [0.4, 0.5) is 0 Å². The quantitative estimate of drug-likeness (QED) is 0.451. The van der Waals surface area contributed by atoms with Crippen molar-refractivity contribution >= 4 is 10.4 Å². The topological polar surface area (TPSA) is 74.6 Å². The van der Waals surface area contributed by atoms with Crippen LogP contribution in [0.2, 0.25) is 0 Å². The molecule has 8 heavy (non-hydrogen) atoms. The van der Waals surface area contributed by atoms with E-state index in [0.29, 0.717) is 0 Å². The van der Waals surface area contributed by atoms with Gasteiger partial charge in [-0.05, 0) is 0 Å². The van der Waals surface area contributed by atoms with Gasteiger partial charge in [0.05, 0.1) is 0 Å². The fourth-order valence-corrected chi connectivity index (χ4v) is 0. The molecule has 0 saturated heterocycles. The fourth-order valence-electron chi connectivity index (χ4n) is 0. The maximum absolute atomic E-state index is 8.74. The molecule has 0 spiro atoms. The van der Waals surface area contributed by atoms with Crippen LogP contribution in [0.15, 0.2) is 0 Å². The second-order valence-corrected chi connectivity index (χ2v) is 1.34. The van der Waals surface area contributed by atoms with E-state index in [9.17, 15) is 0 Å². The summed E-state index contributed by atoms with van der Waals surface area (Å²) < 4.78 is 31.6. The number of hydrogen-bond donors (Lipinski definition) is 2. The minimum absolute atomic E-state index is 0. The smallest absolute Gasteiger partial charge is 0.264 e. The van der Waals surface area contributed by atoms with Gasteiger partial charge in [-0.15, -0.1) is 0 Å². The average molecular weight is 348 g/mol. The Bertz CT molecular complexity index is 99.2. The van der Waals surface area contributed by atoms with Gasteiger partial charge in [-0.1, -0.05) is 0 Å². The second kappa shape index (κ2) is 9.10. The molecule has 2 N–H and O–H groups in total. The Morgan fingerprint density at radius 1 is 1.12 bits per heavy atom. The van der Waals surface area contributed by atoms with Crippen LogP contribution in [0.5, 0.6) is 0 Å². The van der Waals surface area contributed by atoms with Crippen LogP contribution in [0.1, 0.15) is 0 Å². The van der Waals surface area contributed by atoms with Crippen molar-refractivity contribution in [3.63, 3.8) is 0 Å². The molecule has 0 rings (SSSR count). The first-order chi connectivity index (χ1) is 2.00. The van der Waals surface area contributed by atoms with E-state index in [0.717, 1.165) is 0 Å². The van der Waals surface area contributed by atoms with Crippen LogP contribution in [0.25, 0.3) is 0 Å². The van der Waals surface area contributed by atoms with Crippen molar-refractivity contribution in [2.75, 3.05) is 0 Å². The zero-order chi connectivity index (χ0) is 4.50. The minimum atomic E-state index is -4.67. The summed E-state index contributed by atoms with van der Waals surface area (Å²) in [5, 5.41) is 0. The van der Waals surface area contributed by atoms with Crippen LogP contribution < -0.4 is 0 Å². The summed E-state index contributed by atoms with van der Waals surface area (Å²) in [5.41, 5.74) is 0. The Labute approximate surface area is 96.3 Å². The summed E-state index contributed by atoms with van der Waals surface area (Å²) in [4.78, 5) is 0. The van der Waals surface area contributed by atoms with E-state index >= 15 is 0 Å².